The van der Waals surface area contributed by atoms with Crippen molar-refractivity contribution >= 4 is 65.0 Å². The minimum absolute atomic E-state index is 0.631. The van der Waals surface area contributed by atoms with Crippen LogP contribution in [0.4, 0.5) is 0 Å². The van der Waals surface area contributed by atoms with E-state index in [1.165, 1.54) is 37.0 Å². The van der Waals surface area contributed by atoms with Gasteiger partial charge in [0.05, 0.1) is 21.6 Å². The van der Waals surface area contributed by atoms with Gasteiger partial charge in [-0.3, -0.25) is 0 Å². The second kappa shape index (κ2) is 10.7. The molecule has 3 aromatic heterocycles. The number of fused-ring (bicyclic) bond motifs is 8. The topological polar surface area (TPSA) is 51.8 Å². The van der Waals surface area contributed by atoms with Gasteiger partial charge >= 0.3 is 0 Å². The molecule has 10 aromatic rings. The summed E-state index contributed by atoms with van der Waals surface area (Å²) in [5, 5.41) is 8.28. The van der Waals surface area contributed by atoms with Gasteiger partial charge < -0.3 is 4.42 Å². The van der Waals surface area contributed by atoms with Crippen LogP contribution in [0.5, 0.6) is 0 Å². The Morgan fingerprint density at radius 1 is 0.396 bits per heavy atom. The largest absolute Gasteiger partial charge is 0.436 e. The molecule has 224 valence electrons. The van der Waals surface area contributed by atoms with Crippen LogP contribution >= 0.6 is 11.3 Å². The lowest BCUT2D eigenvalue weighted by molar-refractivity contribution is 0.620. The predicted molar refractivity (Wildman–Crippen MR) is 199 cm³/mol. The zero-order valence-electron chi connectivity index (χ0n) is 25.6. The van der Waals surface area contributed by atoms with E-state index in [1.54, 1.807) is 11.3 Å². The lowest BCUT2D eigenvalue weighted by Crippen LogP contribution is -1.89. The first-order valence-electron chi connectivity index (χ1n) is 15.9. The Labute approximate surface area is 279 Å². The number of oxazole rings is 1. The molecule has 0 aliphatic heterocycles. The van der Waals surface area contributed by atoms with Crippen LogP contribution in [0.25, 0.3) is 98.2 Å². The Balaban J connectivity index is 1.09. The number of para-hydroxylation sites is 3. The molecule has 0 bridgehead atoms. The molecular formula is C43H25N3OS. The van der Waals surface area contributed by atoms with E-state index >= 15 is 0 Å². The van der Waals surface area contributed by atoms with Crippen molar-refractivity contribution in [1.29, 1.82) is 0 Å². The van der Waals surface area contributed by atoms with Gasteiger partial charge in [0.25, 0.3) is 0 Å². The van der Waals surface area contributed by atoms with Gasteiger partial charge in [0, 0.05) is 11.1 Å². The van der Waals surface area contributed by atoms with E-state index in [0.717, 1.165) is 55.3 Å². The molecule has 0 unspecified atom stereocenters. The number of benzene rings is 7. The summed E-state index contributed by atoms with van der Waals surface area (Å²) in [7, 11) is 0. The predicted octanol–water partition coefficient (Wildman–Crippen LogP) is 12.0. The van der Waals surface area contributed by atoms with Gasteiger partial charge in [0.2, 0.25) is 5.89 Å². The van der Waals surface area contributed by atoms with Gasteiger partial charge in [0.15, 0.2) is 5.58 Å². The highest BCUT2D eigenvalue weighted by Crippen LogP contribution is 2.39. The fraction of sp³-hybridized carbons (Fsp3) is 0. The summed E-state index contributed by atoms with van der Waals surface area (Å²) in [5.74, 6) is 0.631. The number of pyridine rings is 1. The molecule has 0 N–H and O–H groups in total. The molecule has 0 aliphatic carbocycles. The molecule has 0 saturated heterocycles. The standard InChI is InChI=1S/C43H25N3OS/c1-2-12-31-30(11-1)34-24-27(26-9-7-10-29(23-26)42-45-37-13-3-5-17-40(37)47-42)19-21-32(34)33-22-20-28(25-35(31)33)36-15-8-16-39(44-36)43-46-38-14-4-6-18-41(38)48-43/h1-25H. The van der Waals surface area contributed by atoms with Crippen LogP contribution in [-0.2, 0) is 0 Å². The van der Waals surface area contributed by atoms with Crippen LogP contribution in [0.3, 0.4) is 0 Å². The highest BCUT2D eigenvalue weighted by molar-refractivity contribution is 7.21. The molecule has 48 heavy (non-hydrogen) atoms. The first kappa shape index (κ1) is 27.0. The second-order valence-corrected chi connectivity index (χ2v) is 13.1. The van der Waals surface area contributed by atoms with Gasteiger partial charge in [-0.25, -0.2) is 15.0 Å². The van der Waals surface area contributed by atoms with Gasteiger partial charge in [-0.2, -0.15) is 0 Å². The average molecular weight is 632 g/mol. The zero-order valence-corrected chi connectivity index (χ0v) is 26.4. The Kier molecular flexibility index (Phi) is 6.01. The van der Waals surface area contributed by atoms with Crippen molar-refractivity contribution in [3.05, 3.63) is 152 Å². The van der Waals surface area contributed by atoms with Crippen molar-refractivity contribution in [2.75, 3.05) is 0 Å². The molecule has 7 aromatic carbocycles. The van der Waals surface area contributed by atoms with E-state index in [2.05, 4.69) is 115 Å². The van der Waals surface area contributed by atoms with Gasteiger partial charge in [0.1, 0.15) is 10.5 Å². The molecule has 0 amide bonds. The Morgan fingerprint density at radius 3 is 1.83 bits per heavy atom. The van der Waals surface area contributed by atoms with Crippen molar-refractivity contribution in [2.45, 2.75) is 0 Å². The molecule has 5 heteroatoms. The van der Waals surface area contributed by atoms with Crippen molar-refractivity contribution < 1.29 is 4.42 Å². The van der Waals surface area contributed by atoms with Crippen LogP contribution in [-0.4, -0.2) is 15.0 Å². The van der Waals surface area contributed by atoms with Crippen molar-refractivity contribution in [3.63, 3.8) is 0 Å². The molecule has 4 nitrogen and oxygen atoms in total. The van der Waals surface area contributed by atoms with Crippen molar-refractivity contribution in [3.8, 4) is 44.5 Å². The molecule has 0 radical (unpaired) electrons. The quantitative estimate of drug-likeness (QED) is 0.181. The Morgan fingerprint density at radius 2 is 1.02 bits per heavy atom. The maximum absolute atomic E-state index is 6.09. The minimum Gasteiger partial charge on any atom is -0.436 e. The highest BCUT2D eigenvalue weighted by Gasteiger charge is 2.14. The number of aromatic nitrogens is 3. The van der Waals surface area contributed by atoms with Gasteiger partial charge in [-0.1, -0.05) is 91.0 Å². The lowest BCUT2D eigenvalue weighted by atomic mass is 9.90. The van der Waals surface area contributed by atoms with E-state index in [0.29, 0.717) is 5.89 Å². The summed E-state index contributed by atoms with van der Waals surface area (Å²) in [6.07, 6.45) is 0. The van der Waals surface area contributed by atoms with Crippen molar-refractivity contribution in [1.82, 2.24) is 15.0 Å². The third-order valence-electron chi connectivity index (χ3n) is 9.13. The van der Waals surface area contributed by atoms with Crippen LogP contribution < -0.4 is 0 Å². The summed E-state index contributed by atoms with van der Waals surface area (Å²) in [4.78, 5) is 14.7. The van der Waals surface area contributed by atoms with E-state index in [4.69, 9.17) is 19.4 Å². The Bertz CT molecular complexity index is 2580. The van der Waals surface area contributed by atoms with Gasteiger partial charge in [-0.05, 0) is 104 Å². The van der Waals surface area contributed by atoms with Crippen LogP contribution in [0.2, 0.25) is 0 Å². The first-order valence-corrected chi connectivity index (χ1v) is 16.7. The second-order valence-electron chi connectivity index (χ2n) is 12.0. The molecular weight excluding hydrogens is 607 g/mol. The highest BCUT2D eigenvalue weighted by atomic mass is 32.1. The zero-order chi connectivity index (χ0) is 31.6. The van der Waals surface area contributed by atoms with E-state index in [1.807, 2.05) is 36.4 Å². The molecule has 3 heterocycles. The maximum Gasteiger partial charge on any atom is 0.227 e. The smallest absolute Gasteiger partial charge is 0.227 e. The summed E-state index contributed by atoms with van der Waals surface area (Å²) >= 11 is 1.68. The number of nitrogens with zero attached hydrogens (tertiary/aromatic N) is 3. The van der Waals surface area contributed by atoms with Crippen LogP contribution in [0, 0.1) is 0 Å². The SMILES string of the molecule is c1cc(-c2ccc3c4ccc(-c5cccc(-c6nc7ccccc7s6)n5)cc4c4ccccc4c3c2)cc(-c2nc3ccccc3o2)c1. The Hall–Kier alpha value is -6.17. The first-order chi connectivity index (χ1) is 23.7. The number of thiazole rings is 1. The number of rotatable bonds is 4. The molecule has 0 aliphatic rings. The van der Waals surface area contributed by atoms with Gasteiger partial charge in [-0.15, -0.1) is 11.3 Å². The molecule has 0 atom stereocenters. The van der Waals surface area contributed by atoms with Crippen molar-refractivity contribution in [2.24, 2.45) is 0 Å². The normalized spacial score (nSPS) is 11.8. The summed E-state index contributed by atoms with van der Waals surface area (Å²) in [5.41, 5.74) is 8.81. The number of hydrogen-bond acceptors (Lipinski definition) is 5. The monoisotopic (exact) mass is 631 g/mol. The fourth-order valence-corrected chi connectivity index (χ4v) is 7.75. The third kappa shape index (κ3) is 4.40. The third-order valence-corrected chi connectivity index (χ3v) is 10.2. The molecule has 0 fully saturated rings. The van der Waals surface area contributed by atoms with Crippen LogP contribution in [0.15, 0.2) is 156 Å². The number of hydrogen-bond donors (Lipinski definition) is 0. The molecule has 0 saturated carbocycles. The summed E-state index contributed by atoms with van der Waals surface area (Å²) in [6.45, 7) is 0. The maximum atomic E-state index is 6.09. The summed E-state index contributed by atoms with van der Waals surface area (Å²) < 4.78 is 7.26. The average Bonchev–Trinajstić information content (AvgIpc) is 3.80. The van der Waals surface area contributed by atoms with E-state index < -0.39 is 0 Å². The van der Waals surface area contributed by atoms with E-state index in [9.17, 15) is 0 Å². The summed E-state index contributed by atoms with van der Waals surface area (Å²) in [6, 6.07) is 53.0. The van der Waals surface area contributed by atoms with Crippen LogP contribution in [0.1, 0.15) is 0 Å². The lowest BCUT2D eigenvalue weighted by Gasteiger charge is -2.13. The fourth-order valence-electron chi connectivity index (χ4n) is 6.82. The van der Waals surface area contributed by atoms with E-state index in [-0.39, 0.29) is 0 Å². The minimum atomic E-state index is 0.631. The molecule has 0 spiro atoms. The molecule has 10 rings (SSSR count).